The Morgan fingerprint density at radius 3 is 2.41 bits per heavy atom. The minimum absolute atomic E-state index is 0.185. The third kappa shape index (κ3) is 6.71. The number of hydrogen-bond donors (Lipinski definition) is 2. The van der Waals surface area contributed by atoms with Gasteiger partial charge in [-0.15, -0.1) is 0 Å². The average molecular weight is 422 g/mol. The Hall–Kier alpha value is -1.22. The minimum Gasteiger partial charge on any atom is -0.480 e. The van der Waals surface area contributed by atoms with Gasteiger partial charge in [0.1, 0.15) is 6.04 Å². The molecule has 0 aromatic carbocycles. The molecule has 154 valence electrons. The number of carbonyl (C=O) groups is 3. The molecule has 9 nitrogen and oxygen atoms in total. The lowest BCUT2D eigenvalue weighted by molar-refractivity contribution is -0.152. The molecule has 27 heavy (non-hydrogen) atoms. The molecule has 0 saturated carbocycles. The molecule has 1 heterocycles. The number of ether oxygens (including phenoxy) is 2. The second-order valence-electron chi connectivity index (χ2n) is 5.85. The van der Waals surface area contributed by atoms with Crippen molar-refractivity contribution in [2.75, 3.05) is 26.8 Å². The fourth-order valence-electron chi connectivity index (χ4n) is 2.82. The van der Waals surface area contributed by atoms with Gasteiger partial charge in [-0.2, -0.15) is 0 Å². The Morgan fingerprint density at radius 1 is 1.30 bits per heavy atom. The van der Waals surface area contributed by atoms with Crippen LogP contribution in [0.15, 0.2) is 0 Å². The summed E-state index contributed by atoms with van der Waals surface area (Å²) in [5.74, 6) is -1.97. The third-order valence-corrected chi connectivity index (χ3v) is 6.26. The van der Waals surface area contributed by atoms with Crippen LogP contribution in [-0.4, -0.2) is 70.7 Å². The van der Waals surface area contributed by atoms with Crippen molar-refractivity contribution >= 4 is 38.0 Å². The molecule has 0 radical (unpaired) electrons. The summed E-state index contributed by atoms with van der Waals surface area (Å²) in [5.41, 5.74) is 0. The van der Waals surface area contributed by atoms with Gasteiger partial charge in [-0.25, -0.2) is 4.79 Å². The molecule has 2 atom stereocenters. The quantitative estimate of drug-likeness (QED) is 0.381. The van der Waals surface area contributed by atoms with Crippen molar-refractivity contribution in [3.63, 3.8) is 0 Å². The Kier molecular flexibility index (Phi) is 10.2. The Bertz CT molecular complexity index is 543. The van der Waals surface area contributed by atoms with Gasteiger partial charge in [0.25, 0.3) is 0 Å². The highest BCUT2D eigenvalue weighted by Crippen LogP contribution is 2.43. The van der Waals surface area contributed by atoms with E-state index in [4.69, 9.17) is 9.47 Å². The van der Waals surface area contributed by atoms with Crippen LogP contribution in [-0.2, 0) is 28.4 Å². The number of carboxylic acid groups (broad SMARTS) is 1. The first-order valence-electron chi connectivity index (χ1n) is 8.88. The van der Waals surface area contributed by atoms with Gasteiger partial charge >= 0.3 is 10.8 Å². The summed E-state index contributed by atoms with van der Waals surface area (Å²) in [7, 11) is 0.951. The molecule has 2 N–H and O–H groups in total. The standard InChI is InChI=1S/C16H27N2O7PS/c1-4-24-16(26-23,25-5-2)27-12(10-13(19)17-3)14(20)18-9-7-6-8-11(18)15(21)22/h11-12H,4-10H2,1-3H3,(H,17,19)(H,21,22). The zero-order valence-electron chi connectivity index (χ0n) is 15.8. The smallest absolute Gasteiger partial charge is 0.326 e. The molecule has 1 aliphatic heterocycles. The maximum atomic E-state index is 13.1. The average Bonchev–Trinajstić information content (AvgIpc) is 2.66. The van der Waals surface area contributed by atoms with Gasteiger partial charge in [0.2, 0.25) is 20.3 Å². The van der Waals surface area contributed by atoms with E-state index in [2.05, 4.69) is 5.32 Å². The predicted octanol–water partition coefficient (Wildman–Crippen LogP) is 1.67. The Balaban J connectivity index is 3.13. The number of hydrogen-bond acceptors (Lipinski definition) is 7. The monoisotopic (exact) mass is 422 g/mol. The van der Waals surface area contributed by atoms with Crippen LogP contribution in [0.4, 0.5) is 0 Å². The fraction of sp³-hybridized carbons (Fsp3) is 0.812. The Morgan fingerprint density at radius 2 is 1.93 bits per heavy atom. The van der Waals surface area contributed by atoms with Crippen LogP contribution >= 0.6 is 20.2 Å². The number of likely N-dealkylation sites (tertiary alicyclic amines) is 1. The molecule has 1 saturated heterocycles. The van der Waals surface area contributed by atoms with Gasteiger partial charge in [-0.3, -0.25) is 14.2 Å². The van der Waals surface area contributed by atoms with Crippen molar-refractivity contribution < 1.29 is 33.5 Å². The summed E-state index contributed by atoms with van der Waals surface area (Å²) in [6.07, 6.45) is 1.56. The first-order valence-corrected chi connectivity index (χ1v) is 10.6. The number of nitrogens with one attached hydrogen (secondary N) is 1. The third-order valence-electron chi connectivity index (χ3n) is 4.05. The molecular formula is C16H27N2O7PS. The maximum Gasteiger partial charge on any atom is 0.326 e. The number of carbonyl (C=O) groups excluding carboxylic acids is 2. The lowest BCUT2D eigenvalue weighted by Gasteiger charge is -2.36. The van der Waals surface area contributed by atoms with Crippen LogP contribution in [0.2, 0.25) is 0 Å². The van der Waals surface area contributed by atoms with Crippen LogP contribution < -0.4 is 5.32 Å². The second-order valence-corrected chi connectivity index (χ2v) is 8.26. The highest BCUT2D eigenvalue weighted by molar-refractivity contribution is 8.05. The topological polar surface area (TPSA) is 122 Å². The summed E-state index contributed by atoms with van der Waals surface area (Å²) in [4.78, 5) is 36.2. The number of thioether (sulfide) groups is 1. The Labute approximate surface area is 164 Å². The molecule has 1 rings (SSSR count). The van der Waals surface area contributed by atoms with Gasteiger partial charge in [-0.05, 0) is 33.1 Å². The van der Waals surface area contributed by atoms with Gasteiger partial charge in [0, 0.05) is 33.2 Å². The van der Waals surface area contributed by atoms with Crippen molar-refractivity contribution in [1.29, 1.82) is 0 Å². The van der Waals surface area contributed by atoms with E-state index in [0.717, 1.165) is 18.2 Å². The molecule has 11 heteroatoms. The summed E-state index contributed by atoms with van der Waals surface area (Å²) in [6.45, 7) is 4.06. The van der Waals surface area contributed by atoms with E-state index >= 15 is 0 Å². The van der Waals surface area contributed by atoms with E-state index < -0.39 is 42.4 Å². The number of nitrogens with zero attached hydrogens (tertiary/aromatic N) is 1. The molecule has 1 fully saturated rings. The summed E-state index contributed by atoms with van der Waals surface area (Å²) in [6, 6.07) is -0.933. The highest BCUT2D eigenvalue weighted by atomic mass is 32.2. The molecule has 0 aromatic heterocycles. The fourth-order valence-corrected chi connectivity index (χ4v) is 4.94. The van der Waals surface area contributed by atoms with Gasteiger partial charge in [0.05, 0.1) is 5.25 Å². The van der Waals surface area contributed by atoms with Crippen molar-refractivity contribution in [3.05, 3.63) is 0 Å². The van der Waals surface area contributed by atoms with E-state index in [1.54, 1.807) is 13.8 Å². The number of carboxylic acids is 1. The molecule has 0 aromatic rings. The summed E-state index contributed by atoms with van der Waals surface area (Å²) in [5, 5.41) is 10.9. The maximum absolute atomic E-state index is 13.1. The predicted molar refractivity (Wildman–Crippen MR) is 101 cm³/mol. The molecular weight excluding hydrogens is 395 g/mol. The van der Waals surface area contributed by atoms with Crippen LogP contribution in [0.1, 0.15) is 39.5 Å². The van der Waals surface area contributed by atoms with E-state index in [9.17, 15) is 24.1 Å². The molecule has 2 amide bonds. The zero-order chi connectivity index (χ0) is 20.4. The largest absolute Gasteiger partial charge is 0.480 e. The van der Waals surface area contributed by atoms with E-state index in [0.29, 0.717) is 19.4 Å². The van der Waals surface area contributed by atoms with E-state index in [1.165, 1.54) is 11.9 Å². The van der Waals surface area contributed by atoms with Crippen LogP contribution in [0.25, 0.3) is 0 Å². The number of piperidine rings is 1. The molecule has 0 aliphatic carbocycles. The van der Waals surface area contributed by atoms with Crippen LogP contribution in [0.3, 0.4) is 0 Å². The van der Waals surface area contributed by atoms with E-state index in [-0.39, 0.29) is 19.6 Å². The van der Waals surface area contributed by atoms with Crippen LogP contribution in [0.5, 0.6) is 0 Å². The van der Waals surface area contributed by atoms with Crippen molar-refractivity contribution in [1.82, 2.24) is 10.2 Å². The number of rotatable bonds is 11. The summed E-state index contributed by atoms with van der Waals surface area (Å²) < 4.78 is 22.7. The molecule has 1 aliphatic rings. The zero-order valence-corrected chi connectivity index (χ0v) is 17.5. The van der Waals surface area contributed by atoms with Crippen LogP contribution in [0, 0.1) is 0 Å². The van der Waals surface area contributed by atoms with E-state index in [1.807, 2.05) is 0 Å². The van der Waals surface area contributed by atoms with Gasteiger partial charge < -0.3 is 24.8 Å². The summed E-state index contributed by atoms with van der Waals surface area (Å²) >= 11 is 0.831. The first kappa shape index (κ1) is 23.8. The van der Waals surface area contributed by atoms with Crippen molar-refractivity contribution in [2.24, 2.45) is 0 Å². The minimum atomic E-state index is -1.63. The highest BCUT2D eigenvalue weighted by Gasteiger charge is 2.43. The van der Waals surface area contributed by atoms with Crippen molar-refractivity contribution in [3.8, 4) is 0 Å². The van der Waals surface area contributed by atoms with Gasteiger partial charge in [0.15, 0.2) is 0 Å². The molecule has 0 spiro atoms. The lowest BCUT2D eigenvalue weighted by Crippen LogP contribution is -2.52. The molecule has 2 unspecified atom stereocenters. The second kappa shape index (κ2) is 11.6. The van der Waals surface area contributed by atoms with Crippen molar-refractivity contribution in [2.45, 2.75) is 55.7 Å². The lowest BCUT2D eigenvalue weighted by atomic mass is 10.0. The number of amides is 2. The number of aliphatic carboxylic acids is 1. The molecule has 0 bridgehead atoms. The van der Waals surface area contributed by atoms with Gasteiger partial charge in [-0.1, -0.05) is 11.8 Å². The normalized spacial score (nSPS) is 18.9. The first-order chi connectivity index (χ1) is 12.8. The SMILES string of the molecule is CCOC(OCC)(P=O)SC(CC(=O)NC)C(=O)N1CCCCC1C(=O)O.